The molecule has 1 N–H and O–H groups in total. The van der Waals surface area contributed by atoms with Crippen molar-refractivity contribution in [2.75, 3.05) is 5.75 Å². The number of amides is 1. The van der Waals surface area contributed by atoms with E-state index in [0.717, 1.165) is 11.4 Å². The van der Waals surface area contributed by atoms with Crippen molar-refractivity contribution in [3.05, 3.63) is 41.9 Å². The van der Waals surface area contributed by atoms with Crippen LogP contribution in [0.2, 0.25) is 5.02 Å². The Morgan fingerprint density at radius 1 is 1.44 bits per heavy atom. The predicted octanol–water partition coefficient (Wildman–Crippen LogP) is 3.79. The van der Waals surface area contributed by atoms with Gasteiger partial charge >= 0.3 is 0 Å². The second-order valence-corrected chi connectivity index (χ2v) is 7.57. The van der Waals surface area contributed by atoms with Crippen LogP contribution in [0.4, 0.5) is 0 Å². The molecule has 0 spiro atoms. The maximum absolute atomic E-state index is 12.1. The van der Waals surface area contributed by atoms with E-state index in [1.165, 1.54) is 24.6 Å². The fourth-order valence-electron chi connectivity index (χ4n) is 2.64. The highest BCUT2D eigenvalue weighted by molar-refractivity contribution is 7.99. The van der Waals surface area contributed by atoms with Gasteiger partial charge in [-0.25, -0.2) is 0 Å². The molecule has 7 heteroatoms. The number of nitrogens with zero attached hydrogens (tertiary/aromatic N) is 3. The Labute approximate surface area is 156 Å². The molecule has 1 atom stereocenters. The molecule has 0 aliphatic heterocycles. The summed E-state index contributed by atoms with van der Waals surface area (Å²) in [7, 11) is 0. The summed E-state index contributed by atoms with van der Waals surface area (Å²) in [6.45, 7) is 6.45. The average molecular weight is 377 g/mol. The zero-order valence-electron chi connectivity index (χ0n) is 14.1. The zero-order chi connectivity index (χ0) is 17.8. The third-order valence-electron chi connectivity index (χ3n) is 4.18. The minimum Gasteiger partial charge on any atom is -0.353 e. The van der Waals surface area contributed by atoms with Gasteiger partial charge in [-0.1, -0.05) is 29.4 Å². The van der Waals surface area contributed by atoms with E-state index >= 15 is 0 Å². The molecule has 0 radical (unpaired) electrons. The number of carbonyl (C=O) groups is 1. The fourth-order valence-corrected chi connectivity index (χ4v) is 3.53. The molecule has 5 nitrogen and oxygen atoms in total. The van der Waals surface area contributed by atoms with Gasteiger partial charge < -0.3 is 5.32 Å². The van der Waals surface area contributed by atoms with Gasteiger partial charge in [0.15, 0.2) is 11.0 Å². The number of halogens is 1. The Kier molecular flexibility index (Phi) is 5.81. The molecule has 1 aromatic heterocycles. The summed E-state index contributed by atoms with van der Waals surface area (Å²) >= 11 is 7.34. The first kappa shape index (κ1) is 18.0. The minimum absolute atomic E-state index is 0.0330. The Morgan fingerprint density at radius 2 is 2.16 bits per heavy atom. The van der Waals surface area contributed by atoms with E-state index in [2.05, 4.69) is 29.0 Å². The molecule has 1 aliphatic carbocycles. The monoisotopic (exact) mass is 376 g/mol. The van der Waals surface area contributed by atoms with Crippen molar-refractivity contribution in [1.82, 2.24) is 20.1 Å². The number of rotatable bonds is 8. The summed E-state index contributed by atoms with van der Waals surface area (Å²) in [5, 5.41) is 13.0. The molecule has 1 heterocycles. The zero-order valence-corrected chi connectivity index (χ0v) is 15.7. The Morgan fingerprint density at radius 3 is 2.80 bits per heavy atom. The normalized spacial score (nSPS) is 15.0. The highest BCUT2D eigenvalue weighted by Gasteiger charge is 2.28. The molecule has 1 fully saturated rings. The van der Waals surface area contributed by atoms with Gasteiger partial charge in [-0.05, 0) is 49.9 Å². The number of aromatic nitrogens is 3. The highest BCUT2D eigenvalue weighted by Crippen LogP contribution is 2.32. The van der Waals surface area contributed by atoms with Crippen LogP contribution in [0.15, 0.2) is 42.1 Å². The summed E-state index contributed by atoms with van der Waals surface area (Å²) in [6.07, 6.45) is 4.22. The number of hydrogen-bond donors (Lipinski definition) is 1. The SMILES string of the molecule is C=CCn1c(SCC(=O)N[C@H](C)C2CC2)nnc1-c1ccc(Cl)cc1. The minimum atomic E-state index is 0.0330. The summed E-state index contributed by atoms with van der Waals surface area (Å²) < 4.78 is 1.96. The van der Waals surface area contributed by atoms with Gasteiger partial charge in [0.1, 0.15) is 0 Å². The standard InChI is InChI=1S/C18H21ClN4OS/c1-3-10-23-17(14-6-8-15(19)9-7-14)21-22-18(23)25-11-16(24)20-12(2)13-4-5-13/h3,6-9,12-13H,1,4-5,10-11H2,2H3,(H,20,24)/t12-/m1/s1. The summed E-state index contributed by atoms with van der Waals surface area (Å²) in [6, 6.07) is 7.71. The quantitative estimate of drug-likeness (QED) is 0.562. The first-order valence-electron chi connectivity index (χ1n) is 8.30. The van der Waals surface area contributed by atoms with E-state index in [1.54, 1.807) is 6.08 Å². The van der Waals surface area contributed by atoms with Gasteiger partial charge in [0.25, 0.3) is 0 Å². The summed E-state index contributed by atoms with van der Waals surface area (Å²) in [4.78, 5) is 12.1. The van der Waals surface area contributed by atoms with Gasteiger partial charge in [0.2, 0.25) is 5.91 Å². The molecule has 3 rings (SSSR count). The molecule has 1 aromatic carbocycles. The molecule has 0 unspecified atom stereocenters. The predicted molar refractivity (Wildman–Crippen MR) is 102 cm³/mol. The average Bonchev–Trinajstić information content (AvgIpc) is 3.37. The maximum Gasteiger partial charge on any atom is 0.230 e. The van der Waals surface area contributed by atoms with Crippen molar-refractivity contribution in [3.8, 4) is 11.4 Å². The Balaban J connectivity index is 1.69. The Bertz CT molecular complexity index is 755. The number of benzene rings is 1. The lowest BCUT2D eigenvalue weighted by Crippen LogP contribution is -2.35. The molecule has 0 bridgehead atoms. The van der Waals surface area contributed by atoms with Gasteiger partial charge in [0.05, 0.1) is 5.75 Å². The summed E-state index contributed by atoms with van der Waals surface area (Å²) in [5.74, 6) is 1.75. The molecule has 1 aliphatic rings. The van der Waals surface area contributed by atoms with Crippen molar-refractivity contribution in [3.63, 3.8) is 0 Å². The van der Waals surface area contributed by atoms with Crippen LogP contribution in [0.25, 0.3) is 11.4 Å². The fraction of sp³-hybridized carbons (Fsp3) is 0.389. The maximum atomic E-state index is 12.1. The van der Waals surface area contributed by atoms with Gasteiger partial charge in [-0.3, -0.25) is 9.36 Å². The lowest BCUT2D eigenvalue weighted by molar-refractivity contribution is -0.119. The molecule has 2 aromatic rings. The Hall–Kier alpha value is -1.79. The number of thioether (sulfide) groups is 1. The molecule has 0 saturated heterocycles. The van der Waals surface area contributed by atoms with E-state index in [9.17, 15) is 4.79 Å². The van der Waals surface area contributed by atoms with Crippen LogP contribution < -0.4 is 5.32 Å². The smallest absolute Gasteiger partial charge is 0.230 e. The third-order valence-corrected chi connectivity index (χ3v) is 5.40. The van der Waals surface area contributed by atoms with Crippen LogP contribution in [0.1, 0.15) is 19.8 Å². The van der Waals surface area contributed by atoms with E-state index in [4.69, 9.17) is 11.6 Å². The molecule has 1 saturated carbocycles. The van der Waals surface area contributed by atoms with Crippen molar-refractivity contribution in [2.45, 2.75) is 37.5 Å². The van der Waals surface area contributed by atoms with Crippen molar-refractivity contribution < 1.29 is 4.79 Å². The first-order valence-corrected chi connectivity index (χ1v) is 9.67. The lowest BCUT2D eigenvalue weighted by Gasteiger charge is -2.12. The van der Waals surface area contributed by atoms with E-state index in [-0.39, 0.29) is 11.9 Å². The van der Waals surface area contributed by atoms with Gasteiger partial charge in [-0.2, -0.15) is 0 Å². The number of nitrogens with one attached hydrogen (secondary N) is 1. The second-order valence-electron chi connectivity index (χ2n) is 6.19. The lowest BCUT2D eigenvalue weighted by atomic mass is 10.2. The number of allylic oxidation sites excluding steroid dienone is 1. The van der Waals surface area contributed by atoms with Crippen molar-refractivity contribution in [2.24, 2.45) is 5.92 Å². The van der Waals surface area contributed by atoms with E-state index in [0.29, 0.717) is 28.4 Å². The van der Waals surface area contributed by atoms with Crippen molar-refractivity contribution in [1.29, 1.82) is 0 Å². The molecule has 1 amide bonds. The van der Waals surface area contributed by atoms with Crippen LogP contribution in [-0.2, 0) is 11.3 Å². The number of hydrogen-bond acceptors (Lipinski definition) is 4. The van der Waals surface area contributed by atoms with E-state index in [1.807, 2.05) is 28.8 Å². The number of carbonyl (C=O) groups excluding carboxylic acids is 1. The molecular weight excluding hydrogens is 356 g/mol. The van der Waals surface area contributed by atoms with Crippen LogP contribution in [0.5, 0.6) is 0 Å². The highest BCUT2D eigenvalue weighted by atomic mass is 35.5. The molecular formula is C18H21ClN4OS. The van der Waals surface area contributed by atoms with Crippen LogP contribution in [0.3, 0.4) is 0 Å². The van der Waals surface area contributed by atoms with Crippen LogP contribution >= 0.6 is 23.4 Å². The topological polar surface area (TPSA) is 59.8 Å². The molecule has 132 valence electrons. The van der Waals surface area contributed by atoms with Gasteiger partial charge in [-0.15, -0.1) is 16.8 Å². The summed E-state index contributed by atoms with van der Waals surface area (Å²) in [5.41, 5.74) is 0.928. The van der Waals surface area contributed by atoms with Crippen LogP contribution in [0, 0.1) is 5.92 Å². The van der Waals surface area contributed by atoms with Crippen molar-refractivity contribution >= 4 is 29.3 Å². The third kappa shape index (κ3) is 4.64. The molecule has 25 heavy (non-hydrogen) atoms. The van der Waals surface area contributed by atoms with Crippen LogP contribution in [-0.4, -0.2) is 32.5 Å². The van der Waals surface area contributed by atoms with Gasteiger partial charge in [0, 0.05) is 23.2 Å². The first-order chi connectivity index (χ1) is 12.1. The van der Waals surface area contributed by atoms with E-state index < -0.39 is 0 Å². The second kappa shape index (κ2) is 8.06. The largest absolute Gasteiger partial charge is 0.353 e.